The number of nitrogens with two attached hydrogens (primary N) is 1. The molecule has 0 amide bonds. The number of benzene rings is 2. The predicted molar refractivity (Wildman–Crippen MR) is 112 cm³/mol. The molecule has 2 aromatic carbocycles. The van der Waals surface area contributed by atoms with E-state index < -0.39 is 18.1 Å². The summed E-state index contributed by atoms with van der Waals surface area (Å²) < 4.78 is 6.79. The van der Waals surface area contributed by atoms with Crippen LogP contribution in [0.2, 0.25) is 0 Å². The second kappa shape index (κ2) is 9.02. The lowest BCUT2D eigenvalue weighted by molar-refractivity contribution is -0.146. The van der Waals surface area contributed by atoms with Gasteiger partial charge in [-0.2, -0.15) is 0 Å². The first-order valence-electron chi connectivity index (χ1n) is 9.96. The molecule has 0 saturated heterocycles. The van der Waals surface area contributed by atoms with E-state index in [0.29, 0.717) is 5.69 Å². The summed E-state index contributed by atoms with van der Waals surface area (Å²) in [5.41, 5.74) is 9.66. The van der Waals surface area contributed by atoms with E-state index in [2.05, 4.69) is 10.3 Å². The first-order valence-corrected chi connectivity index (χ1v) is 9.96. The van der Waals surface area contributed by atoms with Gasteiger partial charge in [0, 0.05) is 24.9 Å². The summed E-state index contributed by atoms with van der Waals surface area (Å²) in [5.74, 6) is -0.653. The maximum atomic E-state index is 13.2. The van der Waals surface area contributed by atoms with Gasteiger partial charge >= 0.3 is 5.97 Å². The number of hydrogen-bond acceptors (Lipinski definition) is 6. The Morgan fingerprint density at radius 3 is 2.77 bits per heavy atom. The Labute approximate surface area is 174 Å². The lowest BCUT2D eigenvalue weighted by atomic mass is 9.94. The fraction of sp³-hybridized carbons (Fsp3) is 0.261. The largest absolute Gasteiger partial charge is 0.460 e. The van der Waals surface area contributed by atoms with E-state index in [1.54, 1.807) is 6.20 Å². The van der Waals surface area contributed by atoms with Crippen LogP contribution in [-0.2, 0) is 29.0 Å². The zero-order valence-corrected chi connectivity index (χ0v) is 16.5. The Morgan fingerprint density at radius 2 is 1.93 bits per heavy atom. The van der Waals surface area contributed by atoms with Crippen molar-refractivity contribution in [3.63, 3.8) is 0 Å². The molecule has 154 valence electrons. The van der Waals surface area contributed by atoms with E-state index in [1.807, 2.05) is 54.6 Å². The Bertz CT molecular complexity index is 1030. The minimum Gasteiger partial charge on any atom is -0.460 e. The molecule has 1 aliphatic rings. The van der Waals surface area contributed by atoms with Gasteiger partial charge < -0.3 is 15.8 Å². The quantitative estimate of drug-likeness (QED) is 0.610. The molecule has 1 aromatic heterocycles. The summed E-state index contributed by atoms with van der Waals surface area (Å²) in [4.78, 5) is 29.6. The second-order valence-corrected chi connectivity index (χ2v) is 7.33. The van der Waals surface area contributed by atoms with Crippen LogP contribution in [0.15, 0.2) is 67.1 Å². The smallest absolute Gasteiger partial charge is 0.323 e. The SMILES string of the molecule is NC(Cc1cncn1C(=O)C1NCCc2ccccc21)C(=O)OCc1ccccc1. The summed E-state index contributed by atoms with van der Waals surface area (Å²) in [5, 5.41) is 3.28. The number of aromatic nitrogens is 2. The third-order valence-corrected chi connectivity index (χ3v) is 5.26. The molecule has 0 bridgehead atoms. The van der Waals surface area contributed by atoms with Crippen LogP contribution in [0.4, 0.5) is 0 Å². The van der Waals surface area contributed by atoms with Gasteiger partial charge in [-0.25, -0.2) is 4.98 Å². The number of rotatable bonds is 6. The van der Waals surface area contributed by atoms with Crippen molar-refractivity contribution in [1.29, 1.82) is 0 Å². The molecule has 3 N–H and O–H groups in total. The van der Waals surface area contributed by atoms with Gasteiger partial charge in [-0.15, -0.1) is 0 Å². The van der Waals surface area contributed by atoms with E-state index in [0.717, 1.165) is 29.7 Å². The lowest BCUT2D eigenvalue weighted by Crippen LogP contribution is -2.39. The number of ether oxygens (including phenoxy) is 1. The van der Waals surface area contributed by atoms with Crippen molar-refractivity contribution in [2.75, 3.05) is 6.54 Å². The number of esters is 1. The van der Waals surface area contributed by atoms with Gasteiger partial charge in [0.2, 0.25) is 0 Å². The third-order valence-electron chi connectivity index (χ3n) is 5.26. The molecule has 7 heteroatoms. The molecule has 2 unspecified atom stereocenters. The zero-order valence-electron chi connectivity index (χ0n) is 16.5. The number of carbonyl (C=O) groups excluding carboxylic acids is 2. The van der Waals surface area contributed by atoms with Crippen LogP contribution in [0.25, 0.3) is 0 Å². The Hall–Kier alpha value is -3.29. The molecule has 7 nitrogen and oxygen atoms in total. The molecular formula is C23H24N4O3. The zero-order chi connectivity index (χ0) is 20.9. The minimum absolute atomic E-state index is 0.139. The van der Waals surface area contributed by atoms with Gasteiger partial charge in [0.1, 0.15) is 25.0 Å². The number of imidazole rings is 1. The summed E-state index contributed by atoms with van der Waals surface area (Å²) >= 11 is 0. The van der Waals surface area contributed by atoms with Crippen molar-refractivity contribution < 1.29 is 14.3 Å². The molecule has 0 fully saturated rings. The van der Waals surface area contributed by atoms with Crippen molar-refractivity contribution in [3.8, 4) is 0 Å². The van der Waals surface area contributed by atoms with Crippen LogP contribution in [-0.4, -0.2) is 34.0 Å². The fourth-order valence-corrected chi connectivity index (χ4v) is 3.68. The first-order chi connectivity index (χ1) is 14.6. The van der Waals surface area contributed by atoms with Crippen molar-refractivity contribution in [2.45, 2.75) is 31.5 Å². The molecule has 4 rings (SSSR count). The summed E-state index contributed by atoms with van der Waals surface area (Å²) in [6.45, 7) is 0.886. The van der Waals surface area contributed by atoms with Crippen LogP contribution < -0.4 is 11.1 Å². The topological polar surface area (TPSA) is 99.2 Å². The molecule has 0 radical (unpaired) electrons. The summed E-state index contributed by atoms with van der Waals surface area (Å²) in [7, 11) is 0. The highest BCUT2D eigenvalue weighted by Crippen LogP contribution is 2.24. The van der Waals surface area contributed by atoms with E-state index in [4.69, 9.17) is 10.5 Å². The highest BCUT2D eigenvalue weighted by molar-refractivity contribution is 5.87. The molecule has 2 atom stereocenters. The van der Waals surface area contributed by atoms with E-state index in [1.165, 1.54) is 10.9 Å². The average molecular weight is 404 g/mol. The van der Waals surface area contributed by atoms with Crippen molar-refractivity contribution in [2.24, 2.45) is 5.73 Å². The van der Waals surface area contributed by atoms with Gasteiger partial charge in [-0.1, -0.05) is 54.6 Å². The molecule has 0 saturated carbocycles. The standard InChI is InChI=1S/C23H24N4O3/c24-20(23(29)30-14-16-6-2-1-3-7-16)12-18-13-25-15-27(18)22(28)21-19-9-5-4-8-17(19)10-11-26-21/h1-9,13,15,20-21,26H,10-12,14,24H2. The molecular weight excluding hydrogens is 380 g/mol. The Kier molecular flexibility index (Phi) is 6.02. The Balaban J connectivity index is 1.43. The average Bonchev–Trinajstić information content (AvgIpc) is 3.25. The van der Waals surface area contributed by atoms with Gasteiger partial charge in [0.25, 0.3) is 5.91 Å². The first kappa shape index (κ1) is 20.0. The number of nitrogens with one attached hydrogen (secondary N) is 1. The lowest BCUT2D eigenvalue weighted by Gasteiger charge is -2.26. The summed E-state index contributed by atoms with van der Waals surface area (Å²) in [6, 6.07) is 16.0. The maximum absolute atomic E-state index is 13.2. The molecule has 3 aromatic rings. The minimum atomic E-state index is -0.886. The maximum Gasteiger partial charge on any atom is 0.323 e. The fourth-order valence-electron chi connectivity index (χ4n) is 3.68. The molecule has 0 spiro atoms. The van der Waals surface area contributed by atoms with Gasteiger partial charge in [0.05, 0.1) is 0 Å². The van der Waals surface area contributed by atoms with E-state index >= 15 is 0 Å². The van der Waals surface area contributed by atoms with Crippen molar-refractivity contribution in [1.82, 2.24) is 14.9 Å². The highest BCUT2D eigenvalue weighted by Gasteiger charge is 2.29. The van der Waals surface area contributed by atoms with E-state index in [-0.39, 0.29) is 18.9 Å². The molecule has 30 heavy (non-hydrogen) atoms. The van der Waals surface area contributed by atoms with Gasteiger partial charge in [0.15, 0.2) is 0 Å². The van der Waals surface area contributed by atoms with Crippen molar-refractivity contribution in [3.05, 3.63) is 89.5 Å². The monoisotopic (exact) mass is 404 g/mol. The van der Waals surface area contributed by atoms with Gasteiger partial charge in [-0.3, -0.25) is 14.2 Å². The van der Waals surface area contributed by atoms with Crippen molar-refractivity contribution >= 4 is 11.9 Å². The van der Waals surface area contributed by atoms with Crippen LogP contribution in [0.1, 0.15) is 33.2 Å². The predicted octanol–water partition coefficient (Wildman–Crippen LogP) is 2.02. The summed E-state index contributed by atoms with van der Waals surface area (Å²) in [6.07, 6.45) is 4.08. The van der Waals surface area contributed by atoms with Crippen LogP contribution in [0.3, 0.4) is 0 Å². The molecule has 0 aliphatic carbocycles. The number of hydrogen-bond donors (Lipinski definition) is 2. The second-order valence-electron chi connectivity index (χ2n) is 7.33. The third kappa shape index (κ3) is 4.32. The van der Waals surface area contributed by atoms with Gasteiger partial charge in [-0.05, 0) is 23.1 Å². The van der Waals surface area contributed by atoms with Crippen LogP contribution in [0.5, 0.6) is 0 Å². The Morgan fingerprint density at radius 1 is 1.17 bits per heavy atom. The number of nitrogens with zero attached hydrogens (tertiary/aromatic N) is 2. The molecule has 1 aliphatic heterocycles. The highest BCUT2D eigenvalue weighted by atomic mass is 16.5. The molecule has 2 heterocycles. The number of carbonyl (C=O) groups is 2. The van der Waals surface area contributed by atoms with Crippen LogP contribution in [0, 0.1) is 0 Å². The number of fused-ring (bicyclic) bond motifs is 1. The van der Waals surface area contributed by atoms with E-state index in [9.17, 15) is 9.59 Å². The normalized spacial score (nSPS) is 16.5. The van der Waals surface area contributed by atoms with Crippen LogP contribution >= 0.6 is 0 Å².